The van der Waals surface area contributed by atoms with Gasteiger partial charge in [0.25, 0.3) is 0 Å². The van der Waals surface area contributed by atoms with Gasteiger partial charge in [-0.15, -0.1) is 22.7 Å². The number of fused-ring (bicyclic) bond motifs is 1. The van der Waals surface area contributed by atoms with E-state index in [1.54, 1.807) is 28.9 Å². The van der Waals surface area contributed by atoms with Crippen molar-refractivity contribution in [2.45, 2.75) is 24.9 Å². The molecule has 1 saturated heterocycles. The maximum atomic E-state index is 10.0. The van der Waals surface area contributed by atoms with Crippen LogP contribution in [0.2, 0.25) is 0 Å². The van der Waals surface area contributed by atoms with Crippen LogP contribution < -0.4 is 0 Å². The molecule has 1 aliphatic rings. The molecule has 3 atom stereocenters. The second-order valence-electron chi connectivity index (χ2n) is 6.43. The molecule has 0 spiro atoms. The van der Waals surface area contributed by atoms with Crippen LogP contribution in [0.1, 0.15) is 12.6 Å². The van der Waals surface area contributed by atoms with Crippen LogP contribution in [-0.4, -0.2) is 43.6 Å². The third kappa shape index (κ3) is 2.90. The fraction of sp³-hybridized carbons (Fsp3) is 0.263. The van der Waals surface area contributed by atoms with Gasteiger partial charge >= 0.3 is 0 Å². The Kier molecular flexibility index (Phi) is 4.30. The molecule has 8 heteroatoms. The summed E-state index contributed by atoms with van der Waals surface area (Å²) in [7, 11) is 0. The number of ether oxygens (including phenoxy) is 1. The summed E-state index contributed by atoms with van der Waals surface area (Å²) in [6.45, 7) is -0.190. The highest BCUT2D eigenvalue weighted by Gasteiger charge is 2.35. The van der Waals surface area contributed by atoms with Gasteiger partial charge in [-0.3, -0.25) is 0 Å². The number of aromatic nitrogens is 3. The summed E-state index contributed by atoms with van der Waals surface area (Å²) in [4.78, 5) is 11.2. The van der Waals surface area contributed by atoms with E-state index in [1.807, 2.05) is 34.5 Å². The molecule has 0 aliphatic carbocycles. The van der Waals surface area contributed by atoms with Crippen molar-refractivity contribution in [1.82, 2.24) is 14.5 Å². The van der Waals surface area contributed by atoms with Gasteiger partial charge in [0.2, 0.25) is 0 Å². The number of hydrogen-bond acceptors (Lipinski definition) is 7. The molecule has 138 valence electrons. The molecule has 0 radical (unpaired) electrons. The summed E-state index contributed by atoms with van der Waals surface area (Å²) in [6, 6.07) is 8.27. The third-order valence-corrected chi connectivity index (χ3v) is 6.89. The number of nitrogens with zero attached hydrogens (tertiary/aromatic N) is 3. The van der Waals surface area contributed by atoms with Gasteiger partial charge in [0.05, 0.1) is 17.6 Å². The average Bonchev–Trinajstić information content (AvgIpc) is 3.45. The van der Waals surface area contributed by atoms with E-state index in [-0.39, 0.29) is 12.8 Å². The number of pyridine rings is 1. The molecule has 0 saturated carbocycles. The van der Waals surface area contributed by atoms with E-state index >= 15 is 0 Å². The third-order valence-electron chi connectivity index (χ3n) is 4.82. The van der Waals surface area contributed by atoms with Gasteiger partial charge in [-0.2, -0.15) is 0 Å². The van der Waals surface area contributed by atoms with Gasteiger partial charge in [-0.1, -0.05) is 0 Å². The molecule has 0 bridgehead atoms. The fourth-order valence-electron chi connectivity index (χ4n) is 3.50. The molecule has 4 aromatic heterocycles. The van der Waals surface area contributed by atoms with Gasteiger partial charge in [-0.05, 0) is 24.3 Å². The van der Waals surface area contributed by atoms with Crippen LogP contribution in [0, 0.1) is 0 Å². The molecule has 6 nitrogen and oxygen atoms in total. The Balaban J connectivity index is 1.53. The molecule has 1 aliphatic heterocycles. The van der Waals surface area contributed by atoms with Crippen molar-refractivity contribution in [3.05, 3.63) is 48.2 Å². The summed E-state index contributed by atoms with van der Waals surface area (Å²) < 4.78 is 7.73. The number of thiazole rings is 1. The molecule has 2 N–H and O–H groups in total. The van der Waals surface area contributed by atoms with Crippen LogP contribution >= 0.6 is 22.7 Å². The first-order valence-electron chi connectivity index (χ1n) is 8.64. The predicted octanol–water partition coefficient (Wildman–Crippen LogP) is 3.53. The number of hydrogen-bond donors (Lipinski definition) is 2. The van der Waals surface area contributed by atoms with Crippen LogP contribution in [-0.2, 0) is 4.74 Å². The summed E-state index contributed by atoms with van der Waals surface area (Å²) in [5.74, 6) is 0. The van der Waals surface area contributed by atoms with Crippen LogP contribution in [0.5, 0.6) is 0 Å². The van der Waals surface area contributed by atoms with Gasteiger partial charge in [-0.25, -0.2) is 9.97 Å². The zero-order valence-electron chi connectivity index (χ0n) is 14.2. The summed E-state index contributed by atoms with van der Waals surface area (Å²) in [5.41, 5.74) is 1.93. The predicted molar refractivity (Wildman–Crippen MR) is 106 cm³/mol. The first-order valence-corrected chi connectivity index (χ1v) is 10.3. The molecule has 0 amide bonds. The molecule has 0 unspecified atom stereocenters. The molecular formula is C19H17N3O3S2. The van der Waals surface area contributed by atoms with E-state index < -0.39 is 12.2 Å². The van der Waals surface area contributed by atoms with Crippen molar-refractivity contribution < 1.29 is 14.9 Å². The average molecular weight is 399 g/mol. The molecule has 5 rings (SSSR count). The lowest BCUT2D eigenvalue weighted by atomic mass is 10.1. The van der Waals surface area contributed by atoms with E-state index in [2.05, 4.69) is 22.1 Å². The summed E-state index contributed by atoms with van der Waals surface area (Å²) in [5, 5.41) is 23.4. The standard InChI is InChI=1S/C19H17N3O3S2/c23-10-14-13(24)9-17(25-14)22-7-4-12-11(3-5-20-18(12)22)15-1-2-16(27-15)19-21-6-8-26-19/h1-8,13-14,17,23-24H,9-10H2/t13-,14-,17-/m1/s1. The molecule has 0 aromatic carbocycles. The number of rotatable bonds is 4. The lowest BCUT2D eigenvalue weighted by Crippen LogP contribution is -2.24. The Labute approximate surface area is 163 Å². The smallest absolute Gasteiger partial charge is 0.142 e. The summed E-state index contributed by atoms with van der Waals surface area (Å²) in [6.07, 6.45) is 4.45. The monoisotopic (exact) mass is 399 g/mol. The Morgan fingerprint density at radius 1 is 1.15 bits per heavy atom. The lowest BCUT2D eigenvalue weighted by Gasteiger charge is -2.14. The van der Waals surface area contributed by atoms with E-state index in [0.717, 1.165) is 31.4 Å². The second kappa shape index (κ2) is 6.81. The van der Waals surface area contributed by atoms with Crippen molar-refractivity contribution in [3.8, 4) is 20.3 Å². The van der Waals surface area contributed by atoms with Crippen LogP contribution in [0.4, 0.5) is 0 Å². The van der Waals surface area contributed by atoms with Gasteiger partial charge < -0.3 is 19.5 Å². The Morgan fingerprint density at radius 2 is 2.04 bits per heavy atom. The van der Waals surface area contributed by atoms with Crippen molar-refractivity contribution in [3.63, 3.8) is 0 Å². The molecule has 4 aromatic rings. The van der Waals surface area contributed by atoms with Gasteiger partial charge in [0.15, 0.2) is 0 Å². The number of thiophene rings is 1. The number of aliphatic hydroxyl groups excluding tert-OH is 2. The zero-order chi connectivity index (χ0) is 18.4. The minimum Gasteiger partial charge on any atom is -0.394 e. The van der Waals surface area contributed by atoms with E-state index in [9.17, 15) is 10.2 Å². The maximum absolute atomic E-state index is 10.0. The highest BCUT2D eigenvalue weighted by Crippen LogP contribution is 2.39. The van der Waals surface area contributed by atoms with Crippen molar-refractivity contribution >= 4 is 33.7 Å². The molecule has 1 fully saturated rings. The zero-order valence-corrected chi connectivity index (χ0v) is 15.9. The highest BCUT2D eigenvalue weighted by atomic mass is 32.1. The Hall–Kier alpha value is -2.10. The highest BCUT2D eigenvalue weighted by molar-refractivity contribution is 7.23. The van der Waals surface area contributed by atoms with Crippen molar-refractivity contribution in [1.29, 1.82) is 0 Å². The fourth-order valence-corrected chi connectivity index (χ4v) is 5.26. The first kappa shape index (κ1) is 17.0. The Bertz CT molecular complexity index is 1070. The summed E-state index contributed by atoms with van der Waals surface area (Å²) >= 11 is 3.34. The minimum absolute atomic E-state index is 0.190. The molecule has 27 heavy (non-hydrogen) atoms. The SMILES string of the molecule is OC[C@H]1O[C@@H](n2ccc3c(-c4ccc(-c5nccs5)s4)ccnc32)C[C@H]1O. The van der Waals surface area contributed by atoms with E-state index in [4.69, 9.17) is 4.74 Å². The van der Waals surface area contributed by atoms with Crippen LogP contribution in [0.25, 0.3) is 31.4 Å². The van der Waals surface area contributed by atoms with Gasteiger partial charge in [0.1, 0.15) is 23.0 Å². The lowest BCUT2D eigenvalue weighted by molar-refractivity contribution is -0.0430. The number of aliphatic hydroxyl groups is 2. The van der Waals surface area contributed by atoms with Crippen molar-refractivity contribution in [2.75, 3.05) is 6.61 Å². The normalized spacial score (nSPS) is 22.7. The first-order chi connectivity index (χ1) is 13.2. The molecular weight excluding hydrogens is 382 g/mol. The topological polar surface area (TPSA) is 80.4 Å². The largest absolute Gasteiger partial charge is 0.394 e. The van der Waals surface area contributed by atoms with E-state index in [1.165, 1.54) is 0 Å². The molecule has 5 heterocycles. The maximum Gasteiger partial charge on any atom is 0.142 e. The van der Waals surface area contributed by atoms with Crippen LogP contribution in [0.3, 0.4) is 0 Å². The van der Waals surface area contributed by atoms with Crippen LogP contribution in [0.15, 0.2) is 48.2 Å². The minimum atomic E-state index is -0.668. The van der Waals surface area contributed by atoms with Gasteiger partial charge in [0, 0.05) is 46.2 Å². The second-order valence-corrected chi connectivity index (χ2v) is 8.41. The van der Waals surface area contributed by atoms with Crippen molar-refractivity contribution in [2.24, 2.45) is 0 Å². The quantitative estimate of drug-likeness (QED) is 0.549. The van der Waals surface area contributed by atoms with E-state index in [0.29, 0.717) is 6.42 Å². The Morgan fingerprint density at radius 3 is 2.81 bits per heavy atom.